The summed E-state index contributed by atoms with van der Waals surface area (Å²) in [5.74, 6) is 0.359. The number of pyridine rings is 1. The van der Waals surface area contributed by atoms with Crippen molar-refractivity contribution in [2.75, 3.05) is 18.4 Å². The molecule has 0 spiro atoms. The summed E-state index contributed by atoms with van der Waals surface area (Å²) in [5, 5.41) is 12.0. The molecule has 0 aliphatic carbocycles. The number of nitrogens with zero attached hydrogens (tertiary/aromatic N) is 3. The van der Waals surface area contributed by atoms with Crippen LogP contribution < -0.4 is 5.32 Å². The molecule has 1 aliphatic rings. The van der Waals surface area contributed by atoms with Gasteiger partial charge in [0, 0.05) is 25.8 Å². The average molecular weight is 356 g/mol. The lowest BCUT2D eigenvalue weighted by Crippen LogP contribution is -2.36. The van der Waals surface area contributed by atoms with Crippen molar-refractivity contribution in [1.82, 2.24) is 9.29 Å². The number of hydrogen-bond acceptors (Lipinski definition) is 5. The van der Waals surface area contributed by atoms with Crippen molar-refractivity contribution in [2.24, 2.45) is 0 Å². The molecule has 1 aromatic heterocycles. The van der Waals surface area contributed by atoms with Gasteiger partial charge in [0.15, 0.2) is 0 Å². The van der Waals surface area contributed by atoms with Crippen LogP contribution in [0.2, 0.25) is 0 Å². The molecule has 0 bridgehead atoms. The van der Waals surface area contributed by atoms with E-state index in [0.29, 0.717) is 31.0 Å². The molecule has 0 saturated carbocycles. The van der Waals surface area contributed by atoms with E-state index in [1.807, 2.05) is 12.1 Å². The Kier molecular flexibility index (Phi) is 5.31. The fourth-order valence-corrected chi connectivity index (χ4v) is 4.50. The van der Waals surface area contributed by atoms with E-state index in [-0.39, 0.29) is 4.90 Å². The van der Waals surface area contributed by atoms with E-state index in [4.69, 9.17) is 5.26 Å². The third-order valence-corrected chi connectivity index (χ3v) is 6.18. The minimum atomic E-state index is -3.54. The van der Waals surface area contributed by atoms with Crippen LogP contribution in [0.1, 0.15) is 30.4 Å². The molecule has 1 fully saturated rings. The van der Waals surface area contributed by atoms with E-state index in [2.05, 4.69) is 16.4 Å². The van der Waals surface area contributed by atoms with E-state index in [9.17, 15) is 8.42 Å². The molecule has 0 atom stereocenters. The van der Waals surface area contributed by atoms with Gasteiger partial charge in [0.05, 0.1) is 11.6 Å². The Morgan fingerprint density at radius 2 is 1.84 bits per heavy atom. The van der Waals surface area contributed by atoms with Crippen molar-refractivity contribution in [2.45, 2.75) is 30.7 Å². The van der Waals surface area contributed by atoms with Crippen molar-refractivity contribution >= 4 is 15.8 Å². The first-order valence-corrected chi connectivity index (χ1v) is 9.73. The van der Waals surface area contributed by atoms with Gasteiger partial charge in [-0.25, -0.2) is 13.4 Å². The van der Waals surface area contributed by atoms with Crippen LogP contribution in [0, 0.1) is 11.3 Å². The van der Waals surface area contributed by atoms with Crippen molar-refractivity contribution in [3.63, 3.8) is 0 Å². The van der Waals surface area contributed by atoms with Crippen LogP contribution in [0.15, 0.2) is 47.5 Å². The highest BCUT2D eigenvalue weighted by atomic mass is 32.2. The van der Waals surface area contributed by atoms with Gasteiger partial charge in [-0.1, -0.05) is 18.6 Å². The summed E-state index contributed by atoms with van der Waals surface area (Å²) in [6, 6.07) is 12.5. The number of nitriles is 1. The largest absolute Gasteiger partial charge is 0.365 e. The van der Waals surface area contributed by atoms with Crippen LogP contribution >= 0.6 is 0 Å². The quantitative estimate of drug-likeness (QED) is 0.890. The molecule has 7 heteroatoms. The molecule has 2 aromatic rings. The molecule has 0 radical (unpaired) electrons. The van der Waals surface area contributed by atoms with Crippen LogP contribution in [0.3, 0.4) is 0 Å². The first kappa shape index (κ1) is 17.4. The zero-order chi connectivity index (χ0) is 17.7. The summed E-state index contributed by atoms with van der Waals surface area (Å²) >= 11 is 0. The Labute approximate surface area is 148 Å². The highest BCUT2D eigenvalue weighted by Gasteiger charge is 2.28. The number of anilines is 1. The average Bonchev–Trinajstić information content (AvgIpc) is 2.67. The second-order valence-electron chi connectivity index (χ2n) is 5.98. The van der Waals surface area contributed by atoms with Crippen molar-refractivity contribution in [3.05, 3.63) is 53.7 Å². The fourth-order valence-electron chi connectivity index (χ4n) is 2.86. The molecule has 1 aromatic carbocycles. The molecule has 1 aliphatic heterocycles. The Balaban J connectivity index is 1.79. The molecule has 6 nitrogen and oxygen atoms in total. The van der Waals surface area contributed by atoms with Gasteiger partial charge in [0.2, 0.25) is 10.0 Å². The van der Waals surface area contributed by atoms with Gasteiger partial charge in [-0.15, -0.1) is 0 Å². The molecule has 0 unspecified atom stereocenters. The minimum Gasteiger partial charge on any atom is -0.365 e. The van der Waals surface area contributed by atoms with Gasteiger partial charge < -0.3 is 5.32 Å². The maximum Gasteiger partial charge on any atom is 0.246 e. The molecular formula is C18H20N4O2S. The second kappa shape index (κ2) is 7.64. The first-order valence-electron chi connectivity index (χ1n) is 8.29. The molecule has 130 valence electrons. The molecule has 3 rings (SSSR count). The number of aromatic nitrogens is 1. The molecule has 1 saturated heterocycles. The molecule has 2 heterocycles. The van der Waals surface area contributed by atoms with E-state index >= 15 is 0 Å². The van der Waals surface area contributed by atoms with Crippen molar-refractivity contribution in [1.29, 1.82) is 5.26 Å². The van der Waals surface area contributed by atoms with Gasteiger partial charge >= 0.3 is 0 Å². The highest BCUT2D eigenvalue weighted by Crippen LogP contribution is 2.25. The number of nitrogens with one attached hydrogen (secondary N) is 1. The van der Waals surface area contributed by atoms with Gasteiger partial charge in [-0.05, 0) is 42.7 Å². The Morgan fingerprint density at radius 3 is 2.52 bits per heavy atom. The smallest absolute Gasteiger partial charge is 0.246 e. The Hall–Kier alpha value is -2.43. The zero-order valence-corrected chi connectivity index (χ0v) is 14.7. The molecule has 25 heavy (non-hydrogen) atoms. The second-order valence-corrected chi connectivity index (χ2v) is 7.88. The lowest BCUT2D eigenvalue weighted by atomic mass is 10.1. The third-order valence-electron chi connectivity index (χ3n) is 4.25. The first-order chi connectivity index (χ1) is 12.1. The van der Waals surface area contributed by atoms with Gasteiger partial charge in [0.1, 0.15) is 10.7 Å². The van der Waals surface area contributed by atoms with E-state index < -0.39 is 10.0 Å². The van der Waals surface area contributed by atoms with Gasteiger partial charge in [-0.2, -0.15) is 9.57 Å². The molecular weight excluding hydrogens is 336 g/mol. The number of piperidine rings is 1. The summed E-state index contributed by atoms with van der Waals surface area (Å²) in [5.41, 5.74) is 1.54. The highest BCUT2D eigenvalue weighted by molar-refractivity contribution is 7.89. The maximum atomic E-state index is 12.9. The van der Waals surface area contributed by atoms with E-state index in [1.165, 1.54) is 0 Å². The normalized spacial score (nSPS) is 15.5. The molecule has 1 N–H and O–H groups in total. The Bertz CT molecular complexity index is 867. The van der Waals surface area contributed by atoms with Crippen LogP contribution in [0.4, 0.5) is 5.82 Å². The summed E-state index contributed by atoms with van der Waals surface area (Å²) in [4.78, 5) is 4.43. The number of sulfonamides is 1. The Morgan fingerprint density at radius 1 is 1.12 bits per heavy atom. The van der Waals surface area contributed by atoms with Crippen LogP contribution in [-0.2, 0) is 16.6 Å². The minimum absolute atomic E-state index is 0.213. The third kappa shape index (κ3) is 3.98. The monoisotopic (exact) mass is 356 g/mol. The number of rotatable bonds is 5. The topological polar surface area (TPSA) is 86.1 Å². The SMILES string of the molecule is N#Cc1ccc(CNc2ncccc2S(=O)(=O)N2CCCCC2)cc1. The van der Waals surface area contributed by atoms with Gasteiger partial charge in [-0.3, -0.25) is 0 Å². The predicted molar refractivity (Wildman–Crippen MR) is 95.3 cm³/mol. The van der Waals surface area contributed by atoms with E-state index in [0.717, 1.165) is 24.8 Å². The van der Waals surface area contributed by atoms with Crippen LogP contribution in [-0.4, -0.2) is 30.8 Å². The fraction of sp³-hybridized carbons (Fsp3) is 0.333. The zero-order valence-electron chi connectivity index (χ0n) is 13.9. The maximum absolute atomic E-state index is 12.9. The van der Waals surface area contributed by atoms with Crippen molar-refractivity contribution < 1.29 is 8.42 Å². The standard InChI is InChI=1S/C18H20N4O2S/c19-13-15-6-8-16(9-7-15)14-21-18-17(5-4-10-20-18)25(23,24)22-11-2-1-3-12-22/h4-10H,1-3,11-12,14H2,(H,20,21). The van der Waals surface area contributed by atoms with Gasteiger partial charge in [0.25, 0.3) is 0 Å². The van der Waals surface area contributed by atoms with Crippen LogP contribution in [0.5, 0.6) is 0 Å². The predicted octanol–water partition coefficient (Wildman–Crippen LogP) is 2.74. The molecule has 0 amide bonds. The lowest BCUT2D eigenvalue weighted by Gasteiger charge is -2.26. The summed E-state index contributed by atoms with van der Waals surface area (Å²) in [6.45, 7) is 1.56. The summed E-state index contributed by atoms with van der Waals surface area (Å²) < 4.78 is 27.4. The summed E-state index contributed by atoms with van der Waals surface area (Å²) in [7, 11) is -3.54. The number of hydrogen-bond donors (Lipinski definition) is 1. The van der Waals surface area contributed by atoms with Crippen molar-refractivity contribution in [3.8, 4) is 6.07 Å². The van der Waals surface area contributed by atoms with Crippen LogP contribution in [0.25, 0.3) is 0 Å². The summed E-state index contributed by atoms with van der Waals surface area (Å²) in [6.07, 6.45) is 4.44. The lowest BCUT2D eigenvalue weighted by molar-refractivity contribution is 0.346. The number of benzene rings is 1. The van der Waals surface area contributed by atoms with E-state index in [1.54, 1.807) is 34.8 Å².